The Morgan fingerprint density at radius 1 is 1.27 bits per heavy atom. The fraction of sp³-hybridized carbons (Fsp3) is 0.0909. The van der Waals surface area contributed by atoms with E-state index in [0.29, 0.717) is 5.82 Å². The minimum absolute atomic E-state index is 0. The van der Waals surface area contributed by atoms with Gasteiger partial charge in [0.25, 0.3) is 0 Å². The van der Waals surface area contributed by atoms with E-state index in [1.807, 2.05) is 30.3 Å². The van der Waals surface area contributed by atoms with Crippen molar-refractivity contribution in [3.63, 3.8) is 0 Å². The summed E-state index contributed by atoms with van der Waals surface area (Å²) >= 11 is 0. The summed E-state index contributed by atoms with van der Waals surface area (Å²) in [5, 5.41) is 0. The molecule has 2 rings (SSSR count). The summed E-state index contributed by atoms with van der Waals surface area (Å²) in [6, 6.07) is 9.78. The second-order valence-corrected chi connectivity index (χ2v) is 2.91. The zero-order chi connectivity index (χ0) is 9.80. The second kappa shape index (κ2) is 5.60. The Morgan fingerprint density at radius 2 is 2.00 bits per heavy atom. The topological polar surface area (TPSA) is 44.1 Å². The van der Waals surface area contributed by atoms with E-state index in [1.54, 1.807) is 6.20 Å². The van der Waals surface area contributed by atoms with Gasteiger partial charge in [0.2, 0.25) is 0 Å². The number of hydrogen-bond donors (Lipinski definition) is 0. The van der Waals surface area contributed by atoms with Gasteiger partial charge in [-0.05, 0) is 11.3 Å². The molecule has 0 bridgehead atoms. The fourth-order valence-electron chi connectivity index (χ4n) is 1.25. The van der Waals surface area contributed by atoms with Gasteiger partial charge in [-0.25, -0.2) is 0 Å². The van der Waals surface area contributed by atoms with Gasteiger partial charge in [-0.3, -0.25) is 0 Å². The number of nitrogens with zero attached hydrogens (tertiary/aromatic N) is 2. The number of aldehydes is 1. The molecule has 0 radical (unpaired) electrons. The molecular formula is C11H9N2OPd-. The third-order valence-corrected chi connectivity index (χ3v) is 1.92. The summed E-state index contributed by atoms with van der Waals surface area (Å²) in [5.74, 6) is 0.582. The number of benzene rings is 1. The molecule has 0 N–H and O–H groups in total. The van der Waals surface area contributed by atoms with Gasteiger partial charge in [0, 0.05) is 26.8 Å². The zero-order valence-electron chi connectivity index (χ0n) is 7.87. The van der Waals surface area contributed by atoms with Crippen LogP contribution in [0, 0.1) is 0 Å². The first-order valence-corrected chi connectivity index (χ1v) is 4.38. The molecule has 0 aliphatic rings. The van der Waals surface area contributed by atoms with Gasteiger partial charge >= 0.3 is 0 Å². The molecule has 0 spiro atoms. The Bertz CT molecular complexity index is 425. The van der Waals surface area contributed by atoms with Crippen LogP contribution in [0.15, 0.2) is 36.5 Å². The van der Waals surface area contributed by atoms with E-state index in [-0.39, 0.29) is 26.8 Å². The Morgan fingerprint density at radius 3 is 2.67 bits per heavy atom. The van der Waals surface area contributed by atoms with E-state index in [4.69, 9.17) is 0 Å². The summed E-state index contributed by atoms with van der Waals surface area (Å²) in [6.45, 7) is 0. The first-order valence-electron chi connectivity index (χ1n) is 4.38. The van der Waals surface area contributed by atoms with E-state index in [2.05, 4.69) is 9.97 Å². The molecule has 1 aromatic carbocycles. The zero-order valence-corrected chi connectivity index (χ0v) is 9.42. The Balaban J connectivity index is 0.00000112. The van der Waals surface area contributed by atoms with Crippen LogP contribution in [0.4, 0.5) is 0 Å². The van der Waals surface area contributed by atoms with Gasteiger partial charge in [-0.1, -0.05) is 42.4 Å². The molecule has 80 valence electrons. The van der Waals surface area contributed by atoms with Crippen molar-refractivity contribution in [2.45, 2.75) is 6.42 Å². The molecule has 0 aliphatic carbocycles. The molecule has 2 aromatic rings. The molecule has 0 amide bonds. The van der Waals surface area contributed by atoms with Crippen LogP contribution >= 0.6 is 0 Å². The van der Waals surface area contributed by atoms with E-state index in [0.717, 1.165) is 17.5 Å². The third-order valence-electron chi connectivity index (χ3n) is 1.92. The fourth-order valence-corrected chi connectivity index (χ4v) is 1.25. The van der Waals surface area contributed by atoms with Crippen LogP contribution in [0.25, 0.3) is 11.3 Å². The van der Waals surface area contributed by atoms with Gasteiger partial charge in [-0.15, -0.1) is 0 Å². The molecule has 0 unspecified atom stereocenters. The van der Waals surface area contributed by atoms with E-state index in [9.17, 15) is 4.79 Å². The quantitative estimate of drug-likeness (QED) is 0.635. The average Bonchev–Trinajstić information content (AvgIpc) is 2.68. The van der Waals surface area contributed by atoms with Crippen molar-refractivity contribution in [2.24, 2.45) is 0 Å². The molecule has 4 heteroatoms. The largest absolute Gasteiger partial charge is 0.446 e. The Kier molecular flexibility index (Phi) is 4.42. The van der Waals surface area contributed by atoms with Gasteiger partial charge in [-0.2, -0.15) is 0 Å². The van der Waals surface area contributed by atoms with Crippen molar-refractivity contribution in [3.05, 3.63) is 42.4 Å². The summed E-state index contributed by atoms with van der Waals surface area (Å²) in [5.41, 5.74) is 1.85. The predicted molar refractivity (Wildman–Crippen MR) is 52.8 cm³/mol. The Hall–Kier alpha value is -1.24. The molecule has 0 fully saturated rings. The minimum atomic E-state index is 0. The number of carbonyl (C=O) groups is 1. The summed E-state index contributed by atoms with van der Waals surface area (Å²) in [6.07, 6.45) is 2.78. The van der Waals surface area contributed by atoms with Crippen molar-refractivity contribution in [2.75, 3.05) is 0 Å². The van der Waals surface area contributed by atoms with E-state index < -0.39 is 0 Å². The van der Waals surface area contributed by atoms with Gasteiger partial charge < -0.3 is 14.8 Å². The number of hydrogen-bond acceptors (Lipinski definition) is 2. The molecule has 15 heavy (non-hydrogen) atoms. The number of carbonyl (C=O) groups excluding carboxylic acids is 1. The van der Waals surface area contributed by atoms with Crippen LogP contribution in [0.5, 0.6) is 0 Å². The first kappa shape index (κ1) is 11.8. The minimum Gasteiger partial charge on any atom is -0.446 e. The van der Waals surface area contributed by atoms with Crippen molar-refractivity contribution in [1.29, 1.82) is 0 Å². The summed E-state index contributed by atoms with van der Waals surface area (Å²) < 4.78 is 0. The maximum absolute atomic E-state index is 10.2. The number of aromatic nitrogens is 2. The van der Waals surface area contributed by atoms with Crippen molar-refractivity contribution < 1.29 is 25.2 Å². The van der Waals surface area contributed by atoms with Crippen LogP contribution < -0.4 is 4.98 Å². The average molecular weight is 292 g/mol. The van der Waals surface area contributed by atoms with Crippen molar-refractivity contribution >= 4 is 6.29 Å². The summed E-state index contributed by atoms with van der Waals surface area (Å²) in [4.78, 5) is 18.5. The SMILES string of the molecule is O=CCc1nc(-c2ccccc2)c[n-]1.[Pd]. The number of imidazole rings is 1. The molecule has 0 saturated heterocycles. The van der Waals surface area contributed by atoms with Crippen LogP contribution in [-0.2, 0) is 31.6 Å². The second-order valence-electron chi connectivity index (χ2n) is 2.91. The van der Waals surface area contributed by atoms with Crippen LogP contribution in [0.1, 0.15) is 5.82 Å². The molecular weight excluding hydrogens is 283 g/mol. The molecule has 3 nitrogen and oxygen atoms in total. The monoisotopic (exact) mass is 291 g/mol. The van der Waals surface area contributed by atoms with Crippen LogP contribution in [0.2, 0.25) is 0 Å². The predicted octanol–water partition coefficient (Wildman–Crippen LogP) is 1.44. The molecule has 0 saturated carbocycles. The van der Waals surface area contributed by atoms with Crippen LogP contribution in [0.3, 0.4) is 0 Å². The number of rotatable bonds is 3. The molecule has 0 atom stereocenters. The van der Waals surface area contributed by atoms with Gasteiger partial charge in [0.1, 0.15) is 6.29 Å². The molecule has 1 aromatic heterocycles. The van der Waals surface area contributed by atoms with Crippen molar-refractivity contribution in [1.82, 2.24) is 9.97 Å². The van der Waals surface area contributed by atoms with E-state index >= 15 is 0 Å². The molecule has 0 aliphatic heterocycles. The van der Waals surface area contributed by atoms with E-state index in [1.165, 1.54) is 0 Å². The molecule has 1 heterocycles. The van der Waals surface area contributed by atoms with Crippen molar-refractivity contribution in [3.8, 4) is 11.3 Å². The normalized spacial score (nSPS) is 9.33. The standard InChI is InChI=1S/C11H9N2O.Pd/c14-7-6-11-12-8-10(13-11)9-4-2-1-3-5-9;/h1-5,7-8H,6H2;/q-1;. The third kappa shape index (κ3) is 2.85. The van der Waals surface area contributed by atoms with Gasteiger partial charge in [0.05, 0.1) is 0 Å². The summed E-state index contributed by atoms with van der Waals surface area (Å²) in [7, 11) is 0. The maximum atomic E-state index is 10.2. The van der Waals surface area contributed by atoms with Crippen LogP contribution in [-0.4, -0.2) is 11.3 Å². The van der Waals surface area contributed by atoms with Gasteiger partial charge in [0.15, 0.2) is 0 Å². The Labute approximate surface area is 102 Å². The smallest absolute Gasteiger partial charge is 0.123 e. The first-order chi connectivity index (χ1) is 6.90. The maximum Gasteiger partial charge on any atom is 0.123 e.